The average Bonchev–Trinajstić information content (AvgIpc) is 2.38. The lowest BCUT2D eigenvalue weighted by Crippen LogP contribution is -2.49. The highest BCUT2D eigenvalue weighted by Gasteiger charge is 2.24. The number of anilines is 1. The van der Waals surface area contributed by atoms with Gasteiger partial charge in [-0.1, -0.05) is 6.07 Å². The first-order valence-electron chi connectivity index (χ1n) is 6.18. The van der Waals surface area contributed by atoms with Gasteiger partial charge in [0, 0.05) is 25.2 Å². The number of benzene rings is 1. The van der Waals surface area contributed by atoms with E-state index in [0.717, 1.165) is 25.2 Å². The minimum absolute atomic E-state index is 0. The molecule has 102 valence electrons. The lowest BCUT2D eigenvalue weighted by molar-refractivity contribution is -0.120. The summed E-state index contributed by atoms with van der Waals surface area (Å²) in [6.07, 6.45) is 1.35. The maximum absolute atomic E-state index is 11.8. The van der Waals surface area contributed by atoms with Crippen LogP contribution in [-0.2, 0) is 17.8 Å². The van der Waals surface area contributed by atoms with Gasteiger partial charge in [0.25, 0.3) is 0 Å². The van der Waals surface area contributed by atoms with Crippen molar-refractivity contribution in [1.82, 2.24) is 10.6 Å². The zero-order valence-electron chi connectivity index (χ0n) is 10.4. The maximum atomic E-state index is 11.8. The molecule has 2 aliphatic rings. The largest absolute Gasteiger partial charge is 0.328 e. The minimum atomic E-state index is -0.319. The highest BCUT2D eigenvalue weighted by atomic mass is 35.5. The first kappa shape index (κ1) is 13.8. The van der Waals surface area contributed by atoms with Crippen LogP contribution in [0.1, 0.15) is 17.5 Å². The van der Waals surface area contributed by atoms with Gasteiger partial charge in [-0.3, -0.25) is 15.0 Å². The Morgan fingerprint density at radius 2 is 1.95 bits per heavy atom. The Bertz CT molecular complexity index is 519. The van der Waals surface area contributed by atoms with Crippen molar-refractivity contribution < 1.29 is 9.59 Å². The Balaban J connectivity index is 0.00000133. The average molecular weight is 282 g/mol. The van der Waals surface area contributed by atoms with Crippen molar-refractivity contribution in [3.8, 4) is 0 Å². The van der Waals surface area contributed by atoms with E-state index in [0.29, 0.717) is 13.0 Å². The Labute approximate surface area is 117 Å². The molecule has 0 bridgehead atoms. The summed E-state index contributed by atoms with van der Waals surface area (Å²) < 4.78 is 0. The van der Waals surface area contributed by atoms with E-state index in [4.69, 9.17) is 0 Å². The zero-order valence-corrected chi connectivity index (χ0v) is 11.3. The summed E-state index contributed by atoms with van der Waals surface area (Å²) in [4.78, 5) is 24.5. The molecule has 3 rings (SSSR count). The van der Waals surface area contributed by atoms with Crippen molar-refractivity contribution in [1.29, 1.82) is 0 Å². The number of rotatable bonds is 1. The first-order valence-corrected chi connectivity index (χ1v) is 6.18. The van der Waals surface area contributed by atoms with Crippen LogP contribution in [0.25, 0.3) is 0 Å². The summed E-state index contributed by atoms with van der Waals surface area (Å²) in [6.45, 7) is 2.32. The van der Waals surface area contributed by atoms with Crippen LogP contribution >= 0.6 is 12.4 Å². The third kappa shape index (κ3) is 2.72. The number of carbonyl (C=O) groups is 2. The third-order valence-electron chi connectivity index (χ3n) is 3.44. The van der Waals surface area contributed by atoms with Crippen molar-refractivity contribution >= 4 is 30.0 Å². The van der Waals surface area contributed by atoms with E-state index in [1.807, 2.05) is 6.07 Å². The Kier molecular flexibility index (Phi) is 4.07. The van der Waals surface area contributed by atoms with Gasteiger partial charge >= 0.3 is 6.03 Å². The highest BCUT2D eigenvalue weighted by Crippen LogP contribution is 2.23. The summed E-state index contributed by atoms with van der Waals surface area (Å²) in [6, 6.07) is 5.74. The molecule has 6 heteroatoms. The maximum Gasteiger partial charge on any atom is 0.328 e. The lowest BCUT2D eigenvalue weighted by Gasteiger charge is -2.28. The van der Waals surface area contributed by atoms with Gasteiger partial charge in [0.15, 0.2) is 0 Å². The molecular formula is C13H16ClN3O2. The van der Waals surface area contributed by atoms with E-state index >= 15 is 0 Å². The van der Waals surface area contributed by atoms with E-state index < -0.39 is 0 Å². The number of imide groups is 1. The molecule has 0 aromatic heterocycles. The van der Waals surface area contributed by atoms with Crippen molar-refractivity contribution in [2.24, 2.45) is 0 Å². The molecule has 1 saturated heterocycles. The van der Waals surface area contributed by atoms with Crippen LogP contribution < -0.4 is 15.5 Å². The number of hydrogen-bond donors (Lipinski definition) is 2. The Morgan fingerprint density at radius 3 is 2.74 bits per heavy atom. The second-order valence-corrected chi connectivity index (χ2v) is 4.63. The standard InChI is InChI=1S/C13H15N3O2.ClH/c17-12-4-6-16(13(18)15-12)11-2-1-10-8-14-5-3-9(10)7-11;/h1-2,7,14H,3-6,8H2,(H,15,17,18);1H. The number of nitrogens with one attached hydrogen (secondary N) is 2. The number of carbonyl (C=O) groups excluding carboxylic acids is 2. The van der Waals surface area contributed by atoms with Crippen LogP contribution in [0.5, 0.6) is 0 Å². The SMILES string of the molecule is Cl.O=C1CCN(c2ccc3c(c2)CCNC3)C(=O)N1. The zero-order chi connectivity index (χ0) is 12.5. The smallest absolute Gasteiger partial charge is 0.312 e. The molecule has 0 saturated carbocycles. The normalized spacial score (nSPS) is 18.4. The summed E-state index contributed by atoms with van der Waals surface area (Å²) in [5, 5.41) is 5.66. The van der Waals surface area contributed by atoms with Gasteiger partial charge in [-0.15, -0.1) is 12.4 Å². The van der Waals surface area contributed by atoms with E-state index in [1.165, 1.54) is 11.1 Å². The van der Waals surface area contributed by atoms with Crippen LogP contribution in [0.15, 0.2) is 18.2 Å². The van der Waals surface area contributed by atoms with E-state index in [-0.39, 0.29) is 24.3 Å². The van der Waals surface area contributed by atoms with E-state index in [1.54, 1.807) is 4.90 Å². The van der Waals surface area contributed by atoms with Crippen LogP contribution in [-0.4, -0.2) is 25.0 Å². The van der Waals surface area contributed by atoms with Gasteiger partial charge in [-0.2, -0.15) is 0 Å². The van der Waals surface area contributed by atoms with Gasteiger partial charge in [0.2, 0.25) is 5.91 Å². The van der Waals surface area contributed by atoms with Crippen LogP contribution in [0, 0.1) is 0 Å². The molecule has 1 fully saturated rings. The molecule has 2 aliphatic heterocycles. The molecule has 0 radical (unpaired) electrons. The van der Waals surface area contributed by atoms with Crippen molar-refractivity contribution in [2.45, 2.75) is 19.4 Å². The van der Waals surface area contributed by atoms with Crippen LogP contribution in [0.4, 0.5) is 10.5 Å². The van der Waals surface area contributed by atoms with Crippen molar-refractivity contribution in [3.63, 3.8) is 0 Å². The van der Waals surface area contributed by atoms with Gasteiger partial charge in [-0.05, 0) is 36.2 Å². The molecule has 1 aromatic carbocycles. The van der Waals surface area contributed by atoms with Gasteiger partial charge in [-0.25, -0.2) is 4.79 Å². The number of fused-ring (bicyclic) bond motifs is 1. The number of halogens is 1. The Hall–Kier alpha value is -1.59. The second kappa shape index (κ2) is 5.59. The molecule has 0 spiro atoms. The summed E-state index contributed by atoms with van der Waals surface area (Å²) in [5.74, 6) is -0.196. The molecule has 0 aliphatic carbocycles. The molecule has 19 heavy (non-hydrogen) atoms. The third-order valence-corrected chi connectivity index (χ3v) is 3.44. The molecule has 0 atom stereocenters. The molecular weight excluding hydrogens is 266 g/mol. The fraction of sp³-hybridized carbons (Fsp3) is 0.385. The molecule has 0 unspecified atom stereocenters. The first-order chi connectivity index (χ1) is 8.74. The van der Waals surface area contributed by atoms with Crippen LogP contribution in [0.2, 0.25) is 0 Å². The Morgan fingerprint density at radius 1 is 1.11 bits per heavy atom. The van der Waals surface area contributed by atoms with Crippen molar-refractivity contribution in [2.75, 3.05) is 18.0 Å². The summed E-state index contributed by atoms with van der Waals surface area (Å²) in [5.41, 5.74) is 3.45. The monoisotopic (exact) mass is 281 g/mol. The molecule has 1 aromatic rings. The lowest BCUT2D eigenvalue weighted by atomic mass is 10.00. The van der Waals surface area contributed by atoms with Crippen LogP contribution in [0.3, 0.4) is 0 Å². The fourth-order valence-electron chi connectivity index (χ4n) is 2.44. The molecule has 5 nitrogen and oxygen atoms in total. The van der Waals surface area contributed by atoms with Gasteiger partial charge in [0.05, 0.1) is 0 Å². The van der Waals surface area contributed by atoms with E-state index in [9.17, 15) is 9.59 Å². The molecule has 2 N–H and O–H groups in total. The number of hydrogen-bond acceptors (Lipinski definition) is 3. The van der Waals surface area contributed by atoms with Crippen molar-refractivity contribution in [3.05, 3.63) is 29.3 Å². The summed E-state index contributed by atoms with van der Waals surface area (Å²) >= 11 is 0. The number of amides is 3. The predicted molar refractivity (Wildman–Crippen MR) is 74.6 cm³/mol. The van der Waals surface area contributed by atoms with Gasteiger partial charge in [0.1, 0.15) is 0 Å². The second-order valence-electron chi connectivity index (χ2n) is 4.63. The summed E-state index contributed by atoms with van der Waals surface area (Å²) in [7, 11) is 0. The predicted octanol–water partition coefficient (Wildman–Crippen LogP) is 1.20. The number of urea groups is 1. The topological polar surface area (TPSA) is 61.4 Å². The number of nitrogens with zero attached hydrogens (tertiary/aromatic N) is 1. The fourth-order valence-corrected chi connectivity index (χ4v) is 2.44. The highest BCUT2D eigenvalue weighted by molar-refractivity contribution is 6.05. The van der Waals surface area contributed by atoms with Gasteiger partial charge < -0.3 is 5.32 Å². The van der Waals surface area contributed by atoms with E-state index in [2.05, 4.69) is 22.8 Å². The molecule has 3 amide bonds. The molecule has 2 heterocycles. The minimum Gasteiger partial charge on any atom is -0.312 e. The quantitative estimate of drug-likeness (QED) is 0.813.